The first-order chi connectivity index (χ1) is 11.2. The Kier molecular flexibility index (Phi) is 9.82. The molecular formula is C17H30N2O3Si. The zero-order valence-electron chi connectivity index (χ0n) is 14.6. The molecule has 130 valence electrons. The highest BCUT2D eigenvalue weighted by molar-refractivity contribution is 6.60. The molecule has 1 aromatic carbocycles. The summed E-state index contributed by atoms with van der Waals surface area (Å²) in [5, 5.41) is 3.16. The van der Waals surface area contributed by atoms with Gasteiger partial charge < -0.3 is 18.6 Å². The van der Waals surface area contributed by atoms with Crippen molar-refractivity contribution in [1.29, 1.82) is 0 Å². The first-order valence-electron chi connectivity index (χ1n) is 7.95. The number of nitrogens with one attached hydrogen (secondary N) is 1. The Morgan fingerprint density at radius 1 is 1.09 bits per heavy atom. The van der Waals surface area contributed by atoms with Crippen molar-refractivity contribution in [2.45, 2.75) is 19.0 Å². The van der Waals surface area contributed by atoms with Gasteiger partial charge in [-0.3, -0.25) is 4.90 Å². The molecule has 0 spiro atoms. The van der Waals surface area contributed by atoms with Crippen LogP contribution in [0.4, 0.5) is 0 Å². The number of benzene rings is 1. The van der Waals surface area contributed by atoms with Crippen LogP contribution >= 0.6 is 0 Å². The largest absolute Gasteiger partial charge is 0.500 e. The average molecular weight is 339 g/mol. The number of nitrogens with zero attached hydrogens (tertiary/aromatic N) is 1. The van der Waals surface area contributed by atoms with Crippen molar-refractivity contribution in [2.75, 3.05) is 41.0 Å². The first kappa shape index (κ1) is 19.9. The lowest BCUT2D eigenvalue weighted by atomic mass is 10.2. The van der Waals surface area contributed by atoms with Gasteiger partial charge in [0.05, 0.1) is 0 Å². The smallest absolute Gasteiger partial charge is 0.390 e. The van der Waals surface area contributed by atoms with Crippen molar-refractivity contribution >= 4 is 8.80 Å². The number of hydrogen-bond acceptors (Lipinski definition) is 5. The quantitative estimate of drug-likeness (QED) is 0.442. The third kappa shape index (κ3) is 7.28. The van der Waals surface area contributed by atoms with Crippen LogP contribution in [-0.4, -0.2) is 54.7 Å². The summed E-state index contributed by atoms with van der Waals surface area (Å²) < 4.78 is 16.5. The Balaban J connectivity index is 2.53. The van der Waals surface area contributed by atoms with Crippen LogP contribution in [0.15, 0.2) is 43.1 Å². The molecule has 0 aliphatic rings. The van der Waals surface area contributed by atoms with Gasteiger partial charge in [-0.15, -0.1) is 0 Å². The van der Waals surface area contributed by atoms with E-state index in [-0.39, 0.29) is 0 Å². The molecule has 5 nitrogen and oxygen atoms in total. The van der Waals surface area contributed by atoms with Crippen LogP contribution in [0, 0.1) is 0 Å². The lowest BCUT2D eigenvalue weighted by Gasteiger charge is -2.27. The van der Waals surface area contributed by atoms with Crippen molar-refractivity contribution in [2.24, 2.45) is 0 Å². The standard InChI is InChI=1S/C17H30N2O3Si/c1-5-18-12-14-19(16-17-10-7-6-8-11-17)13-9-15-23(20-2,21-3)22-4/h5-8,10-11,18H,1,9,12-16H2,2-4H3. The fourth-order valence-electron chi connectivity index (χ4n) is 2.51. The number of hydrogen-bond donors (Lipinski definition) is 1. The van der Waals surface area contributed by atoms with Crippen molar-refractivity contribution < 1.29 is 13.3 Å². The molecule has 1 rings (SSSR count). The molecule has 0 saturated heterocycles. The van der Waals surface area contributed by atoms with E-state index in [9.17, 15) is 0 Å². The van der Waals surface area contributed by atoms with Gasteiger partial charge in [0.2, 0.25) is 0 Å². The maximum Gasteiger partial charge on any atom is 0.500 e. The SMILES string of the molecule is C=CNCCN(CCC[Si](OC)(OC)OC)Cc1ccccc1. The first-order valence-corrected chi connectivity index (χ1v) is 9.89. The Bertz CT molecular complexity index is 419. The number of rotatable bonds is 13. The molecule has 0 radical (unpaired) electrons. The summed E-state index contributed by atoms with van der Waals surface area (Å²) in [6, 6.07) is 11.3. The van der Waals surface area contributed by atoms with E-state index in [0.717, 1.165) is 38.6 Å². The van der Waals surface area contributed by atoms with Crippen LogP contribution in [0.2, 0.25) is 6.04 Å². The fourth-order valence-corrected chi connectivity index (χ4v) is 4.22. The maximum atomic E-state index is 5.49. The van der Waals surface area contributed by atoms with E-state index in [1.54, 1.807) is 27.5 Å². The van der Waals surface area contributed by atoms with E-state index >= 15 is 0 Å². The molecule has 1 aromatic rings. The molecular weight excluding hydrogens is 308 g/mol. The molecule has 0 heterocycles. The predicted octanol–water partition coefficient (Wildman–Crippen LogP) is 2.49. The second kappa shape index (κ2) is 11.4. The van der Waals surface area contributed by atoms with E-state index in [2.05, 4.69) is 41.1 Å². The Morgan fingerprint density at radius 3 is 2.30 bits per heavy atom. The van der Waals surface area contributed by atoms with E-state index in [0.29, 0.717) is 0 Å². The second-order valence-corrected chi connectivity index (χ2v) is 8.41. The van der Waals surface area contributed by atoms with Gasteiger partial charge in [-0.2, -0.15) is 0 Å². The lowest BCUT2D eigenvalue weighted by molar-refractivity contribution is 0.121. The molecule has 0 unspecified atom stereocenters. The van der Waals surface area contributed by atoms with Gasteiger partial charge in [-0.25, -0.2) is 0 Å². The second-order valence-electron chi connectivity index (χ2n) is 5.32. The van der Waals surface area contributed by atoms with Crippen LogP contribution in [0.3, 0.4) is 0 Å². The fraction of sp³-hybridized carbons (Fsp3) is 0.529. The van der Waals surface area contributed by atoms with Gasteiger partial charge in [0, 0.05) is 47.0 Å². The molecule has 23 heavy (non-hydrogen) atoms. The molecule has 0 amide bonds. The molecule has 0 aromatic heterocycles. The highest BCUT2D eigenvalue weighted by Gasteiger charge is 2.36. The summed E-state index contributed by atoms with van der Waals surface area (Å²) in [7, 11) is 2.51. The van der Waals surface area contributed by atoms with E-state index in [1.807, 2.05) is 6.07 Å². The zero-order chi connectivity index (χ0) is 17.0. The van der Waals surface area contributed by atoms with Crippen LogP contribution in [0.1, 0.15) is 12.0 Å². The molecule has 0 aliphatic carbocycles. The van der Waals surface area contributed by atoms with Gasteiger partial charge in [0.25, 0.3) is 0 Å². The Hall–Kier alpha value is -1.18. The minimum Gasteiger partial charge on any atom is -0.390 e. The van der Waals surface area contributed by atoms with Crippen molar-refractivity contribution in [3.8, 4) is 0 Å². The van der Waals surface area contributed by atoms with E-state index < -0.39 is 8.80 Å². The van der Waals surface area contributed by atoms with Crippen molar-refractivity contribution in [3.05, 3.63) is 48.7 Å². The average Bonchev–Trinajstić information content (AvgIpc) is 2.60. The van der Waals surface area contributed by atoms with Gasteiger partial charge in [-0.05, 0) is 24.7 Å². The molecule has 0 fully saturated rings. The highest BCUT2D eigenvalue weighted by Crippen LogP contribution is 2.16. The minimum absolute atomic E-state index is 0.816. The van der Waals surface area contributed by atoms with Crippen molar-refractivity contribution in [1.82, 2.24) is 10.2 Å². The van der Waals surface area contributed by atoms with Gasteiger partial charge in [0.15, 0.2) is 0 Å². The summed E-state index contributed by atoms with van der Waals surface area (Å²) in [4.78, 5) is 2.42. The van der Waals surface area contributed by atoms with Crippen LogP contribution in [-0.2, 0) is 19.8 Å². The van der Waals surface area contributed by atoms with Gasteiger partial charge in [0.1, 0.15) is 0 Å². The van der Waals surface area contributed by atoms with Crippen LogP contribution in [0.5, 0.6) is 0 Å². The Morgan fingerprint density at radius 2 is 1.74 bits per heavy atom. The zero-order valence-corrected chi connectivity index (χ0v) is 15.6. The van der Waals surface area contributed by atoms with Gasteiger partial charge in [-0.1, -0.05) is 36.9 Å². The van der Waals surface area contributed by atoms with Crippen LogP contribution < -0.4 is 5.32 Å². The maximum absolute atomic E-state index is 5.49. The highest BCUT2D eigenvalue weighted by atomic mass is 28.4. The van der Waals surface area contributed by atoms with E-state index in [4.69, 9.17) is 13.3 Å². The summed E-state index contributed by atoms with van der Waals surface area (Å²) in [5.74, 6) is 0. The van der Waals surface area contributed by atoms with Gasteiger partial charge >= 0.3 is 8.80 Å². The third-order valence-electron chi connectivity index (χ3n) is 3.86. The summed E-state index contributed by atoms with van der Waals surface area (Å²) in [6.07, 6.45) is 2.71. The summed E-state index contributed by atoms with van der Waals surface area (Å²) in [6.45, 7) is 7.45. The normalized spacial score (nSPS) is 11.7. The lowest BCUT2D eigenvalue weighted by Crippen LogP contribution is -2.43. The Labute approximate surface area is 141 Å². The molecule has 0 saturated carbocycles. The third-order valence-corrected chi connectivity index (χ3v) is 6.69. The minimum atomic E-state index is -2.47. The molecule has 1 N–H and O–H groups in total. The monoisotopic (exact) mass is 338 g/mol. The van der Waals surface area contributed by atoms with Crippen molar-refractivity contribution in [3.63, 3.8) is 0 Å². The molecule has 0 bridgehead atoms. The van der Waals surface area contributed by atoms with Crippen LogP contribution in [0.25, 0.3) is 0 Å². The summed E-state index contributed by atoms with van der Waals surface area (Å²) >= 11 is 0. The molecule has 0 aliphatic heterocycles. The predicted molar refractivity (Wildman–Crippen MR) is 96.1 cm³/mol. The van der Waals surface area contributed by atoms with E-state index in [1.165, 1.54) is 5.56 Å². The molecule has 0 atom stereocenters. The topological polar surface area (TPSA) is 43.0 Å². The molecule has 6 heteroatoms. The summed E-state index contributed by atoms with van der Waals surface area (Å²) in [5.41, 5.74) is 1.32.